The van der Waals surface area contributed by atoms with Gasteiger partial charge in [-0.05, 0) is 68.5 Å². The third-order valence-corrected chi connectivity index (χ3v) is 7.09. The van der Waals surface area contributed by atoms with E-state index < -0.39 is 54.0 Å². The molecule has 43 heavy (non-hydrogen) atoms. The zero-order valence-corrected chi connectivity index (χ0v) is 24.0. The molecule has 2 aromatic carbocycles. The number of fused-ring (bicyclic) bond motifs is 1. The van der Waals surface area contributed by atoms with Gasteiger partial charge in [-0.3, -0.25) is 14.4 Å². The Morgan fingerprint density at radius 1 is 0.884 bits per heavy atom. The number of aliphatic hydroxyl groups is 1. The van der Waals surface area contributed by atoms with Crippen LogP contribution in [0.4, 0.5) is 0 Å². The average Bonchev–Trinajstić information content (AvgIpc) is 3.38. The van der Waals surface area contributed by atoms with Crippen LogP contribution >= 0.6 is 0 Å². The van der Waals surface area contributed by atoms with Crippen LogP contribution in [0.25, 0.3) is 10.9 Å². The lowest BCUT2D eigenvalue weighted by Gasteiger charge is -2.26. The number of para-hydroxylation sites is 1. The normalized spacial score (nSPS) is 14.7. The van der Waals surface area contributed by atoms with Crippen LogP contribution < -0.4 is 27.4 Å². The number of aromatic nitrogens is 1. The fourth-order valence-corrected chi connectivity index (χ4v) is 4.66. The van der Waals surface area contributed by atoms with Crippen molar-refractivity contribution in [1.29, 1.82) is 0 Å². The predicted molar refractivity (Wildman–Crippen MR) is 160 cm³/mol. The molecule has 0 aliphatic heterocycles. The molecule has 0 saturated carbocycles. The summed E-state index contributed by atoms with van der Waals surface area (Å²) in [6.07, 6.45) is 1.72. The van der Waals surface area contributed by atoms with Gasteiger partial charge >= 0.3 is 5.97 Å². The Hall–Kier alpha value is -4.46. The molecule has 0 aliphatic carbocycles. The first-order valence-corrected chi connectivity index (χ1v) is 14.1. The van der Waals surface area contributed by atoms with Crippen LogP contribution in [0.3, 0.4) is 0 Å². The molecule has 232 valence electrons. The predicted octanol–water partition coefficient (Wildman–Crippen LogP) is 0.0348. The molecule has 0 saturated heterocycles. The summed E-state index contributed by atoms with van der Waals surface area (Å²) in [7, 11) is 0. The summed E-state index contributed by atoms with van der Waals surface area (Å²) >= 11 is 0. The van der Waals surface area contributed by atoms with Gasteiger partial charge in [0.25, 0.3) is 0 Å². The van der Waals surface area contributed by atoms with E-state index in [-0.39, 0.29) is 25.0 Å². The Balaban J connectivity index is 1.83. The van der Waals surface area contributed by atoms with Gasteiger partial charge < -0.3 is 47.7 Å². The number of H-pyrrole nitrogens is 1. The second-order valence-corrected chi connectivity index (χ2v) is 10.5. The lowest BCUT2D eigenvalue weighted by Crippen LogP contribution is -2.58. The highest BCUT2D eigenvalue weighted by atomic mass is 16.4. The fourth-order valence-electron chi connectivity index (χ4n) is 4.66. The van der Waals surface area contributed by atoms with Gasteiger partial charge in [0, 0.05) is 23.5 Å². The summed E-state index contributed by atoms with van der Waals surface area (Å²) < 4.78 is 0. The molecule has 0 radical (unpaired) electrons. The van der Waals surface area contributed by atoms with Gasteiger partial charge in [-0.2, -0.15) is 0 Å². The molecular formula is C30H40N6O7. The molecule has 13 heteroatoms. The van der Waals surface area contributed by atoms with E-state index in [0.717, 1.165) is 16.5 Å². The van der Waals surface area contributed by atoms with Gasteiger partial charge in [-0.25, -0.2) is 4.79 Å². The van der Waals surface area contributed by atoms with Crippen LogP contribution in [0, 0.1) is 0 Å². The summed E-state index contributed by atoms with van der Waals surface area (Å²) in [5.74, 6) is -3.42. The maximum absolute atomic E-state index is 13.7. The van der Waals surface area contributed by atoms with Crippen molar-refractivity contribution in [2.24, 2.45) is 11.5 Å². The topological polar surface area (TPSA) is 233 Å². The minimum absolute atomic E-state index is 0.0656. The number of carboxylic acid groups (broad SMARTS) is 1. The lowest BCUT2D eigenvalue weighted by atomic mass is 10.0. The monoisotopic (exact) mass is 596 g/mol. The zero-order chi connectivity index (χ0) is 31.5. The number of rotatable bonds is 16. The summed E-state index contributed by atoms with van der Waals surface area (Å²) in [6.45, 7) is 1.58. The molecule has 0 aliphatic rings. The molecule has 5 atom stereocenters. The molecule has 0 spiro atoms. The standard InChI is InChI=1S/C30H40N6O7/c1-17(37)26(30(42)43)36-28(40)24(8-4-5-13-31)34-29(41)25(15-19-16-33-23-7-3-2-6-21(19)23)35-27(39)22(32)14-18-9-11-20(38)12-10-18/h2-3,6-7,9-12,16-17,22,24-26,33,37-38H,4-5,8,13-15,31-32H2,1H3,(H,34,41)(H,35,39)(H,36,40)(H,42,43)/t17-,22+,24+,25-,26+/m1/s1. The smallest absolute Gasteiger partial charge is 0.328 e. The van der Waals surface area contributed by atoms with E-state index in [1.165, 1.54) is 19.1 Å². The van der Waals surface area contributed by atoms with Crippen LogP contribution in [-0.2, 0) is 32.0 Å². The van der Waals surface area contributed by atoms with E-state index in [9.17, 15) is 34.5 Å². The highest BCUT2D eigenvalue weighted by molar-refractivity contribution is 5.95. The van der Waals surface area contributed by atoms with Crippen LogP contribution in [-0.4, -0.2) is 80.8 Å². The SMILES string of the molecule is C[C@@H](O)[C@H](NC(=O)[C@H](CCCCN)NC(=O)[C@@H](Cc1c[nH]c2ccccc12)NC(=O)[C@@H](N)Cc1ccc(O)cc1)C(=O)O. The van der Waals surface area contributed by atoms with Crippen LogP contribution in [0.15, 0.2) is 54.7 Å². The number of nitrogens with one attached hydrogen (secondary N) is 4. The average molecular weight is 597 g/mol. The number of aliphatic carboxylic acids is 1. The number of phenolic OH excluding ortho intramolecular Hbond substituents is 1. The number of unbranched alkanes of at least 4 members (excludes halogenated alkanes) is 1. The highest BCUT2D eigenvalue weighted by Gasteiger charge is 2.32. The fraction of sp³-hybridized carbons (Fsp3) is 0.400. The molecule has 13 nitrogen and oxygen atoms in total. The maximum atomic E-state index is 13.7. The minimum atomic E-state index is -1.58. The number of hydrogen-bond donors (Lipinski definition) is 9. The van der Waals surface area contributed by atoms with E-state index >= 15 is 0 Å². The Kier molecular flexibility index (Phi) is 12.0. The number of phenols is 1. The van der Waals surface area contributed by atoms with E-state index in [1.807, 2.05) is 24.3 Å². The van der Waals surface area contributed by atoms with Crippen molar-refractivity contribution in [3.63, 3.8) is 0 Å². The molecule has 3 amide bonds. The molecule has 0 bridgehead atoms. The number of aromatic hydroxyl groups is 1. The first-order valence-electron chi connectivity index (χ1n) is 14.1. The van der Waals surface area contributed by atoms with Gasteiger partial charge in [-0.1, -0.05) is 30.3 Å². The number of aliphatic hydroxyl groups excluding tert-OH is 1. The third kappa shape index (κ3) is 9.53. The summed E-state index contributed by atoms with van der Waals surface area (Å²) in [4.78, 5) is 54.7. The molecule has 11 N–H and O–H groups in total. The number of aromatic amines is 1. The second kappa shape index (κ2) is 15.7. The number of benzene rings is 2. The number of carbonyl (C=O) groups is 4. The zero-order valence-electron chi connectivity index (χ0n) is 24.0. The number of nitrogens with two attached hydrogens (primary N) is 2. The van der Waals surface area contributed by atoms with Gasteiger partial charge in [0.2, 0.25) is 17.7 Å². The lowest BCUT2D eigenvalue weighted by molar-refractivity contribution is -0.145. The summed E-state index contributed by atoms with van der Waals surface area (Å²) in [5.41, 5.74) is 14.1. The Morgan fingerprint density at radius 2 is 1.53 bits per heavy atom. The first kappa shape index (κ1) is 33.0. The Morgan fingerprint density at radius 3 is 2.19 bits per heavy atom. The molecular weight excluding hydrogens is 556 g/mol. The van der Waals surface area contributed by atoms with E-state index in [4.69, 9.17) is 11.5 Å². The Bertz CT molecular complexity index is 1390. The number of carboxylic acids is 1. The molecule has 1 heterocycles. The van der Waals surface area contributed by atoms with Gasteiger partial charge in [0.1, 0.15) is 17.8 Å². The molecule has 0 fully saturated rings. The quantitative estimate of drug-likeness (QED) is 0.101. The molecule has 0 unspecified atom stereocenters. The number of carbonyl (C=O) groups excluding carboxylic acids is 3. The highest BCUT2D eigenvalue weighted by Crippen LogP contribution is 2.20. The number of hydrogen-bond acceptors (Lipinski definition) is 8. The molecule has 1 aromatic heterocycles. The van der Waals surface area contributed by atoms with E-state index in [2.05, 4.69) is 20.9 Å². The first-order chi connectivity index (χ1) is 20.5. The van der Waals surface area contributed by atoms with Crippen molar-refractivity contribution in [2.75, 3.05) is 6.54 Å². The Labute approximate surface area is 249 Å². The van der Waals surface area contributed by atoms with E-state index in [0.29, 0.717) is 24.9 Å². The van der Waals surface area contributed by atoms with Gasteiger partial charge in [0.15, 0.2) is 6.04 Å². The van der Waals surface area contributed by atoms with Crippen molar-refractivity contribution < 1.29 is 34.5 Å². The summed E-state index contributed by atoms with van der Waals surface area (Å²) in [6, 6.07) is 8.79. The van der Waals surface area contributed by atoms with Crippen molar-refractivity contribution >= 4 is 34.6 Å². The van der Waals surface area contributed by atoms with Crippen LogP contribution in [0.5, 0.6) is 5.75 Å². The second-order valence-electron chi connectivity index (χ2n) is 10.5. The maximum Gasteiger partial charge on any atom is 0.328 e. The van der Waals surface area contributed by atoms with Crippen molar-refractivity contribution in [3.8, 4) is 5.75 Å². The minimum Gasteiger partial charge on any atom is -0.508 e. The van der Waals surface area contributed by atoms with Gasteiger partial charge in [-0.15, -0.1) is 0 Å². The number of amides is 3. The van der Waals surface area contributed by atoms with Crippen LogP contribution in [0.1, 0.15) is 37.3 Å². The van der Waals surface area contributed by atoms with Crippen molar-refractivity contribution in [3.05, 3.63) is 65.9 Å². The third-order valence-electron chi connectivity index (χ3n) is 7.09. The van der Waals surface area contributed by atoms with Crippen molar-refractivity contribution in [1.82, 2.24) is 20.9 Å². The van der Waals surface area contributed by atoms with Gasteiger partial charge in [0.05, 0.1) is 12.1 Å². The van der Waals surface area contributed by atoms with Crippen molar-refractivity contribution in [2.45, 2.75) is 69.3 Å². The molecule has 3 aromatic rings. The van der Waals surface area contributed by atoms with Crippen LogP contribution in [0.2, 0.25) is 0 Å². The molecule has 3 rings (SSSR count). The largest absolute Gasteiger partial charge is 0.508 e. The van der Waals surface area contributed by atoms with E-state index in [1.54, 1.807) is 18.3 Å². The summed E-state index contributed by atoms with van der Waals surface area (Å²) in [5, 5.41) is 37.3.